The molecule has 2 N–H and O–H groups in total. The van der Waals surface area contributed by atoms with Crippen molar-refractivity contribution in [3.05, 3.63) is 32.4 Å². The highest BCUT2D eigenvalue weighted by Crippen LogP contribution is 2.32. The van der Waals surface area contributed by atoms with Gasteiger partial charge in [-0.25, -0.2) is 0 Å². The second-order valence-electron chi connectivity index (χ2n) is 3.77. The van der Waals surface area contributed by atoms with Gasteiger partial charge in [0, 0.05) is 9.61 Å². The average Bonchev–Trinajstić information content (AvgIpc) is 2.12. The lowest BCUT2D eigenvalue weighted by molar-refractivity contribution is 0.567. The second kappa shape index (κ2) is 3.58. The maximum absolute atomic E-state index is 6.11. The summed E-state index contributed by atoms with van der Waals surface area (Å²) in [5.41, 5.74) is 10.3. The lowest BCUT2D eigenvalue weighted by Crippen LogP contribution is -2.19. The van der Waals surface area contributed by atoms with Crippen LogP contribution < -0.4 is 5.73 Å². The minimum Gasteiger partial charge on any atom is -0.324 e. The zero-order valence-electron chi connectivity index (χ0n) is 7.81. The van der Waals surface area contributed by atoms with Gasteiger partial charge in [0.2, 0.25) is 0 Å². The summed E-state index contributed by atoms with van der Waals surface area (Å²) in [7, 11) is 0. The minimum atomic E-state index is 0.274. The average molecular weight is 287 g/mol. The molecule has 0 saturated carbocycles. The van der Waals surface area contributed by atoms with Crippen LogP contribution in [0.2, 0.25) is 0 Å². The molecule has 1 nitrogen and oxygen atoms in total. The van der Waals surface area contributed by atoms with Gasteiger partial charge in [0.15, 0.2) is 0 Å². The Morgan fingerprint density at radius 3 is 3.00 bits per heavy atom. The number of fused-ring (bicyclic) bond motifs is 1. The first kappa shape index (κ1) is 9.46. The molecule has 0 amide bonds. The Hall–Kier alpha value is -0.0900. The Morgan fingerprint density at radius 1 is 1.46 bits per heavy atom. The van der Waals surface area contributed by atoms with Crippen LogP contribution in [0.3, 0.4) is 0 Å². The Balaban J connectivity index is 2.58. The van der Waals surface area contributed by atoms with Crippen molar-refractivity contribution < 1.29 is 0 Å². The number of hydrogen-bond acceptors (Lipinski definition) is 1. The van der Waals surface area contributed by atoms with Crippen molar-refractivity contribution in [2.75, 3.05) is 0 Å². The van der Waals surface area contributed by atoms with Gasteiger partial charge in [0.25, 0.3) is 0 Å². The molecule has 0 unspecified atom stereocenters. The first-order valence-electron chi connectivity index (χ1n) is 4.73. The number of aryl methyl sites for hydroxylation is 2. The smallest absolute Gasteiger partial charge is 0.0308 e. The van der Waals surface area contributed by atoms with Crippen LogP contribution in [0.1, 0.15) is 35.6 Å². The van der Waals surface area contributed by atoms with E-state index in [0.717, 1.165) is 6.42 Å². The third-order valence-corrected chi connectivity index (χ3v) is 4.23. The van der Waals surface area contributed by atoms with Crippen molar-refractivity contribution >= 4 is 22.6 Å². The molecule has 0 aromatic heterocycles. The molecule has 13 heavy (non-hydrogen) atoms. The largest absolute Gasteiger partial charge is 0.324 e. The highest BCUT2D eigenvalue weighted by atomic mass is 127. The Labute approximate surface area is 92.9 Å². The van der Waals surface area contributed by atoms with Crippen molar-refractivity contribution in [2.45, 2.75) is 32.2 Å². The summed E-state index contributed by atoms with van der Waals surface area (Å²) in [6.07, 6.45) is 3.60. The summed E-state index contributed by atoms with van der Waals surface area (Å²) >= 11 is 2.42. The molecule has 1 atom stereocenters. The number of nitrogens with two attached hydrogens (primary N) is 1. The molecule has 1 aliphatic carbocycles. The van der Waals surface area contributed by atoms with Gasteiger partial charge in [-0.3, -0.25) is 0 Å². The summed E-state index contributed by atoms with van der Waals surface area (Å²) in [6.45, 7) is 2.16. The summed E-state index contributed by atoms with van der Waals surface area (Å²) in [5, 5.41) is 0. The Kier molecular flexibility index (Phi) is 2.60. The minimum absolute atomic E-state index is 0.274. The van der Waals surface area contributed by atoms with E-state index >= 15 is 0 Å². The van der Waals surface area contributed by atoms with Gasteiger partial charge >= 0.3 is 0 Å². The van der Waals surface area contributed by atoms with Crippen molar-refractivity contribution in [3.8, 4) is 0 Å². The van der Waals surface area contributed by atoms with Crippen molar-refractivity contribution in [2.24, 2.45) is 5.73 Å². The molecule has 2 rings (SSSR count). The lowest BCUT2D eigenvalue weighted by atomic mass is 9.87. The highest BCUT2D eigenvalue weighted by molar-refractivity contribution is 14.1. The van der Waals surface area contributed by atoms with Gasteiger partial charge in [-0.05, 0) is 65.5 Å². The zero-order valence-corrected chi connectivity index (χ0v) is 9.97. The van der Waals surface area contributed by atoms with Crippen LogP contribution in [0.4, 0.5) is 0 Å². The van der Waals surface area contributed by atoms with Crippen LogP contribution in [0, 0.1) is 10.5 Å². The molecule has 0 radical (unpaired) electrons. The molecule has 1 aliphatic rings. The molecule has 0 heterocycles. The highest BCUT2D eigenvalue weighted by Gasteiger charge is 2.19. The normalized spacial score (nSPS) is 21.3. The Morgan fingerprint density at radius 2 is 2.23 bits per heavy atom. The molecule has 1 aromatic rings. The number of hydrogen-bond donors (Lipinski definition) is 1. The predicted molar refractivity (Wildman–Crippen MR) is 63.8 cm³/mol. The summed E-state index contributed by atoms with van der Waals surface area (Å²) in [6, 6.07) is 4.72. The quantitative estimate of drug-likeness (QED) is 0.729. The molecule has 70 valence electrons. The van der Waals surface area contributed by atoms with E-state index in [1.165, 1.54) is 33.1 Å². The monoisotopic (exact) mass is 287 g/mol. The molecule has 2 heteroatoms. The van der Waals surface area contributed by atoms with Gasteiger partial charge < -0.3 is 5.73 Å². The van der Waals surface area contributed by atoms with E-state index in [1.807, 2.05) is 0 Å². The van der Waals surface area contributed by atoms with E-state index in [0.29, 0.717) is 0 Å². The third kappa shape index (κ3) is 1.62. The van der Waals surface area contributed by atoms with Crippen molar-refractivity contribution in [1.82, 2.24) is 0 Å². The predicted octanol–water partition coefficient (Wildman–Crippen LogP) is 2.94. The van der Waals surface area contributed by atoms with E-state index in [9.17, 15) is 0 Å². The molecule has 0 saturated heterocycles. The summed E-state index contributed by atoms with van der Waals surface area (Å²) < 4.78 is 1.38. The zero-order chi connectivity index (χ0) is 9.42. The van der Waals surface area contributed by atoms with E-state index in [-0.39, 0.29) is 6.04 Å². The number of benzene rings is 1. The number of rotatable bonds is 0. The molecule has 0 bridgehead atoms. The molecule has 0 spiro atoms. The fraction of sp³-hybridized carbons (Fsp3) is 0.455. The van der Waals surface area contributed by atoms with Crippen LogP contribution in [-0.4, -0.2) is 0 Å². The number of halogens is 1. The molecule has 0 fully saturated rings. The van der Waals surface area contributed by atoms with E-state index in [4.69, 9.17) is 5.73 Å². The summed E-state index contributed by atoms with van der Waals surface area (Å²) in [5.74, 6) is 0. The SMILES string of the molecule is Cc1ccc2c(c1I)[C@H](N)CCC2. The first-order valence-corrected chi connectivity index (χ1v) is 5.81. The van der Waals surface area contributed by atoms with E-state index < -0.39 is 0 Å². The van der Waals surface area contributed by atoms with Gasteiger partial charge in [-0.15, -0.1) is 0 Å². The lowest BCUT2D eigenvalue weighted by Gasteiger charge is -2.24. The van der Waals surface area contributed by atoms with Crippen LogP contribution in [0.25, 0.3) is 0 Å². The van der Waals surface area contributed by atoms with Crippen molar-refractivity contribution in [3.63, 3.8) is 0 Å². The maximum Gasteiger partial charge on any atom is 0.0308 e. The van der Waals surface area contributed by atoms with Crippen molar-refractivity contribution in [1.29, 1.82) is 0 Å². The fourth-order valence-electron chi connectivity index (χ4n) is 2.02. The third-order valence-electron chi connectivity index (χ3n) is 2.80. The van der Waals surface area contributed by atoms with Gasteiger partial charge in [-0.2, -0.15) is 0 Å². The summed E-state index contributed by atoms with van der Waals surface area (Å²) in [4.78, 5) is 0. The standard InChI is InChI=1S/C11H14IN/c1-7-5-6-8-3-2-4-9(13)10(8)11(7)12/h5-6,9H,2-4,13H2,1H3/t9-/m1/s1. The molecular formula is C11H14IN. The van der Waals surface area contributed by atoms with Gasteiger partial charge in [0.1, 0.15) is 0 Å². The van der Waals surface area contributed by atoms with Crippen LogP contribution >= 0.6 is 22.6 Å². The van der Waals surface area contributed by atoms with Crippen LogP contribution in [-0.2, 0) is 6.42 Å². The van der Waals surface area contributed by atoms with Gasteiger partial charge in [0.05, 0.1) is 0 Å². The molecular weight excluding hydrogens is 273 g/mol. The second-order valence-corrected chi connectivity index (χ2v) is 4.85. The van der Waals surface area contributed by atoms with Crippen LogP contribution in [0.5, 0.6) is 0 Å². The van der Waals surface area contributed by atoms with Crippen LogP contribution in [0.15, 0.2) is 12.1 Å². The van der Waals surface area contributed by atoms with E-state index in [1.54, 1.807) is 0 Å². The maximum atomic E-state index is 6.11. The Bertz CT molecular complexity index is 333. The molecule has 1 aromatic carbocycles. The topological polar surface area (TPSA) is 26.0 Å². The van der Waals surface area contributed by atoms with Gasteiger partial charge in [-0.1, -0.05) is 12.1 Å². The molecule has 0 aliphatic heterocycles. The first-order chi connectivity index (χ1) is 6.20. The fourth-order valence-corrected chi connectivity index (χ4v) is 2.94. The van der Waals surface area contributed by atoms with E-state index in [2.05, 4.69) is 41.6 Å².